The molecule has 0 bridgehead atoms. The fraction of sp³-hybridized carbons (Fsp3) is 0.300. The van der Waals surface area contributed by atoms with Gasteiger partial charge < -0.3 is 0 Å². The van der Waals surface area contributed by atoms with E-state index in [4.69, 9.17) is 23.2 Å². The summed E-state index contributed by atoms with van der Waals surface area (Å²) in [6, 6.07) is 3.23. The Hall–Kier alpha value is -0.0500. The van der Waals surface area contributed by atoms with Gasteiger partial charge in [0.1, 0.15) is 0 Å². The Morgan fingerprint density at radius 2 is 1.86 bits per heavy atom. The first-order valence-corrected chi connectivity index (χ1v) is 5.67. The van der Waals surface area contributed by atoms with E-state index < -0.39 is 0 Å². The molecule has 1 nitrogen and oxygen atoms in total. The fourth-order valence-electron chi connectivity index (χ4n) is 1.02. The second kappa shape index (κ2) is 4.65. The SMILES string of the molecule is CC(C)C(=O)c1cc(Br)c(Cl)cc1Cl. The molecule has 0 N–H and O–H groups in total. The van der Waals surface area contributed by atoms with Gasteiger partial charge in [0.25, 0.3) is 0 Å². The molecule has 1 aromatic carbocycles. The predicted molar refractivity (Wildman–Crippen MR) is 63.3 cm³/mol. The smallest absolute Gasteiger partial charge is 0.166 e. The van der Waals surface area contributed by atoms with Gasteiger partial charge in [-0.2, -0.15) is 0 Å². The molecule has 0 spiro atoms. The zero-order chi connectivity index (χ0) is 10.9. The first kappa shape index (κ1) is 12.0. The van der Waals surface area contributed by atoms with E-state index in [9.17, 15) is 4.79 Å². The van der Waals surface area contributed by atoms with E-state index in [1.165, 1.54) is 0 Å². The van der Waals surface area contributed by atoms with Crippen molar-refractivity contribution in [1.82, 2.24) is 0 Å². The number of Topliss-reactive ketones (excluding diaryl/α,β-unsaturated/α-hetero) is 1. The number of carbonyl (C=O) groups excluding carboxylic acids is 1. The first-order valence-electron chi connectivity index (χ1n) is 4.12. The molecular weight excluding hydrogens is 287 g/mol. The lowest BCUT2D eigenvalue weighted by Crippen LogP contribution is -2.08. The third-order valence-electron chi connectivity index (χ3n) is 1.80. The molecule has 0 unspecified atom stereocenters. The van der Waals surface area contributed by atoms with Gasteiger partial charge in [0.15, 0.2) is 5.78 Å². The van der Waals surface area contributed by atoms with E-state index in [-0.39, 0.29) is 11.7 Å². The molecule has 0 aliphatic carbocycles. The number of rotatable bonds is 2. The second-order valence-electron chi connectivity index (χ2n) is 3.27. The van der Waals surface area contributed by atoms with Crippen molar-refractivity contribution in [3.05, 3.63) is 32.2 Å². The Labute approximate surface area is 102 Å². The molecule has 0 aliphatic heterocycles. The molecule has 0 atom stereocenters. The Balaban J connectivity index is 3.22. The van der Waals surface area contributed by atoms with Crippen molar-refractivity contribution in [2.24, 2.45) is 5.92 Å². The van der Waals surface area contributed by atoms with Gasteiger partial charge in [-0.3, -0.25) is 4.79 Å². The summed E-state index contributed by atoms with van der Waals surface area (Å²) >= 11 is 15.0. The number of carbonyl (C=O) groups is 1. The lowest BCUT2D eigenvalue weighted by molar-refractivity contribution is 0.0939. The van der Waals surface area contributed by atoms with Crippen molar-refractivity contribution in [2.75, 3.05) is 0 Å². The summed E-state index contributed by atoms with van der Waals surface area (Å²) in [7, 11) is 0. The van der Waals surface area contributed by atoms with Crippen LogP contribution < -0.4 is 0 Å². The molecule has 4 heteroatoms. The number of halogens is 3. The van der Waals surface area contributed by atoms with Gasteiger partial charge in [-0.1, -0.05) is 37.0 Å². The molecule has 14 heavy (non-hydrogen) atoms. The second-order valence-corrected chi connectivity index (χ2v) is 4.93. The summed E-state index contributed by atoms with van der Waals surface area (Å²) in [5.74, 6) is -0.0482. The fourth-order valence-corrected chi connectivity index (χ4v) is 1.84. The number of hydrogen-bond acceptors (Lipinski definition) is 1. The summed E-state index contributed by atoms with van der Waals surface area (Å²) in [6.07, 6.45) is 0. The Morgan fingerprint density at radius 3 is 2.36 bits per heavy atom. The summed E-state index contributed by atoms with van der Waals surface area (Å²) in [5.41, 5.74) is 0.512. The summed E-state index contributed by atoms with van der Waals surface area (Å²) in [6.45, 7) is 3.67. The van der Waals surface area contributed by atoms with Crippen LogP contribution in [0.25, 0.3) is 0 Å². The molecule has 76 valence electrons. The minimum Gasteiger partial charge on any atom is -0.294 e. The van der Waals surface area contributed by atoms with Crippen molar-refractivity contribution in [3.8, 4) is 0 Å². The Bertz CT molecular complexity index is 375. The maximum absolute atomic E-state index is 11.7. The zero-order valence-electron chi connectivity index (χ0n) is 7.77. The lowest BCUT2D eigenvalue weighted by Gasteiger charge is -2.07. The van der Waals surface area contributed by atoms with Crippen molar-refractivity contribution in [3.63, 3.8) is 0 Å². The van der Waals surface area contributed by atoms with Gasteiger partial charge in [-0.25, -0.2) is 0 Å². The molecule has 0 fully saturated rings. The van der Waals surface area contributed by atoms with Crippen LogP contribution in [-0.4, -0.2) is 5.78 Å². The summed E-state index contributed by atoms with van der Waals surface area (Å²) < 4.78 is 0.688. The quantitative estimate of drug-likeness (QED) is 0.576. The average molecular weight is 296 g/mol. The van der Waals surface area contributed by atoms with Gasteiger partial charge in [0.05, 0.1) is 10.0 Å². The van der Waals surface area contributed by atoms with E-state index >= 15 is 0 Å². The van der Waals surface area contributed by atoms with Gasteiger partial charge in [0, 0.05) is 16.0 Å². The van der Waals surface area contributed by atoms with Crippen molar-refractivity contribution in [2.45, 2.75) is 13.8 Å². The minimum absolute atomic E-state index is 0.0207. The molecule has 0 saturated heterocycles. The van der Waals surface area contributed by atoms with Crippen molar-refractivity contribution in [1.29, 1.82) is 0 Å². The Kier molecular flexibility index (Phi) is 3.99. The van der Waals surface area contributed by atoms with E-state index in [2.05, 4.69) is 15.9 Å². The third-order valence-corrected chi connectivity index (χ3v) is 3.31. The normalized spacial score (nSPS) is 10.7. The zero-order valence-corrected chi connectivity index (χ0v) is 10.9. The van der Waals surface area contributed by atoms with Crippen LogP contribution in [-0.2, 0) is 0 Å². The molecule has 0 heterocycles. The number of benzene rings is 1. The molecule has 0 aliphatic rings. The van der Waals surface area contributed by atoms with Crippen LogP contribution in [0.15, 0.2) is 16.6 Å². The van der Waals surface area contributed by atoms with Gasteiger partial charge in [0.2, 0.25) is 0 Å². The highest BCUT2D eigenvalue weighted by Gasteiger charge is 2.15. The number of hydrogen-bond donors (Lipinski definition) is 0. The molecule has 0 aromatic heterocycles. The van der Waals surface area contributed by atoms with Crippen molar-refractivity contribution < 1.29 is 4.79 Å². The highest BCUT2D eigenvalue weighted by Crippen LogP contribution is 2.30. The summed E-state index contributed by atoms with van der Waals surface area (Å²) in [4.78, 5) is 11.7. The lowest BCUT2D eigenvalue weighted by atomic mass is 10.0. The van der Waals surface area contributed by atoms with Crippen LogP contribution in [0.3, 0.4) is 0 Å². The minimum atomic E-state index is -0.0689. The standard InChI is InChI=1S/C10H9BrCl2O/c1-5(2)10(14)6-3-7(11)9(13)4-8(6)12/h3-5H,1-2H3. The van der Waals surface area contributed by atoms with Crippen LogP contribution in [0.4, 0.5) is 0 Å². The van der Waals surface area contributed by atoms with E-state index in [1.54, 1.807) is 12.1 Å². The highest BCUT2D eigenvalue weighted by atomic mass is 79.9. The van der Waals surface area contributed by atoms with Gasteiger partial charge >= 0.3 is 0 Å². The molecule has 1 rings (SSSR count). The largest absolute Gasteiger partial charge is 0.294 e. The van der Waals surface area contributed by atoms with Crippen molar-refractivity contribution >= 4 is 44.9 Å². The number of ketones is 1. The van der Waals surface area contributed by atoms with Gasteiger partial charge in [-0.05, 0) is 28.1 Å². The van der Waals surface area contributed by atoms with Crippen LogP contribution in [0.5, 0.6) is 0 Å². The topological polar surface area (TPSA) is 17.1 Å². The highest BCUT2D eigenvalue weighted by molar-refractivity contribution is 9.10. The Morgan fingerprint density at radius 1 is 1.29 bits per heavy atom. The van der Waals surface area contributed by atoms with E-state index in [1.807, 2.05) is 13.8 Å². The van der Waals surface area contributed by atoms with E-state index in [0.717, 1.165) is 0 Å². The van der Waals surface area contributed by atoms with Crippen LogP contribution in [0, 0.1) is 5.92 Å². The third kappa shape index (κ3) is 2.50. The van der Waals surface area contributed by atoms with Crippen LogP contribution in [0.1, 0.15) is 24.2 Å². The molecule has 0 saturated carbocycles. The monoisotopic (exact) mass is 294 g/mol. The average Bonchev–Trinajstić information content (AvgIpc) is 2.10. The first-order chi connectivity index (χ1) is 6.43. The predicted octanol–water partition coefficient (Wildman–Crippen LogP) is 4.59. The molecular formula is C10H9BrCl2O. The maximum atomic E-state index is 11.7. The molecule has 0 amide bonds. The summed E-state index contributed by atoms with van der Waals surface area (Å²) in [5, 5.41) is 0.909. The van der Waals surface area contributed by atoms with E-state index in [0.29, 0.717) is 20.1 Å². The van der Waals surface area contributed by atoms with Gasteiger partial charge in [-0.15, -0.1) is 0 Å². The molecule has 0 radical (unpaired) electrons. The maximum Gasteiger partial charge on any atom is 0.166 e. The van der Waals surface area contributed by atoms with Crippen LogP contribution in [0.2, 0.25) is 10.0 Å². The molecule has 1 aromatic rings. The van der Waals surface area contributed by atoms with Crippen LogP contribution >= 0.6 is 39.1 Å².